The molecule has 0 unspecified atom stereocenters. The summed E-state index contributed by atoms with van der Waals surface area (Å²) in [5.74, 6) is 1.47. The number of rotatable bonds is 5. The van der Waals surface area contributed by atoms with Gasteiger partial charge in [-0.2, -0.15) is 0 Å². The Labute approximate surface area is 142 Å². The molecule has 24 heavy (non-hydrogen) atoms. The summed E-state index contributed by atoms with van der Waals surface area (Å²) >= 11 is 0. The maximum absolute atomic E-state index is 12.2. The maximum atomic E-state index is 12.2. The van der Waals surface area contributed by atoms with Crippen molar-refractivity contribution in [1.82, 2.24) is 20.2 Å². The molecule has 1 atom stereocenters. The van der Waals surface area contributed by atoms with E-state index in [4.69, 9.17) is 5.73 Å². The third-order valence-corrected chi connectivity index (χ3v) is 4.47. The molecule has 2 aromatic rings. The fourth-order valence-corrected chi connectivity index (χ4v) is 3.23. The van der Waals surface area contributed by atoms with Crippen molar-refractivity contribution in [3.63, 3.8) is 0 Å². The largest absolute Gasteiger partial charge is 0.383 e. The molecule has 3 N–H and O–H groups in total. The lowest BCUT2D eigenvalue weighted by molar-refractivity contribution is -0.126. The smallest absolute Gasteiger partial charge is 0.224 e. The number of carbonyl (C=O) groups excluding carboxylic acids is 1. The normalized spacial score (nSPS) is 18.6. The molecule has 1 aromatic heterocycles. The van der Waals surface area contributed by atoms with E-state index in [-0.39, 0.29) is 11.8 Å². The van der Waals surface area contributed by atoms with Crippen molar-refractivity contribution < 1.29 is 4.79 Å². The molecule has 0 saturated carbocycles. The Morgan fingerprint density at radius 1 is 1.38 bits per heavy atom. The molecule has 6 nitrogen and oxygen atoms in total. The standard InChI is InChI=1S/C18H25N5O/c1-2-9-20-18(24)13-6-5-10-23(11-13)12-16-21-15-8-4-3-7-14(15)17(19)22-16/h3-4,7-8,13H,2,5-6,9-12H2,1H3,(H,20,24)(H2,19,21,22)/t13-/m1/s1. The number of piperidine rings is 1. The predicted octanol–water partition coefficient (Wildman–Crippen LogP) is 1.95. The summed E-state index contributed by atoms with van der Waals surface area (Å²) < 4.78 is 0. The van der Waals surface area contributed by atoms with Crippen molar-refractivity contribution >= 4 is 22.6 Å². The van der Waals surface area contributed by atoms with Crippen LogP contribution in [0.5, 0.6) is 0 Å². The number of nitrogen functional groups attached to an aromatic ring is 1. The first-order valence-corrected chi connectivity index (χ1v) is 8.68. The Hall–Kier alpha value is -2.21. The van der Waals surface area contributed by atoms with E-state index in [1.165, 1.54) is 0 Å². The molecule has 0 aliphatic carbocycles. The zero-order chi connectivity index (χ0) is 16.9. The quantitative estimate of drug-likeness (QED) is 0.877. The van der Waals surface area contributed by atoms with Crippen LogP contribution < -0.4 is 11.1 Å². The van der Waals surface area contributed by atoms with Crippen LogP contribution in [0, 0.1) is 5.92 Å². The summed E-state index contributed by atoms with van der Waals surface area (Å²) in [6.45, 7) is 5.17. The zero-order valence-corrected chi connectivity index (χ0v) is 14.2. The average molecular weight is 327 g/mol. The molecule has 0 radical (unpaired) electrons. The Balaban J connectivity index is 1.68. The number of para-hydroxylation sites is 1. The molecule has 1 fully saturated rings. The second-order valence-corrected chi connectivity index (χ2v) is 6.41. The van der Waals surface area contributed by atoms with Gasteiger partial charge in [0.15, 0.2) is 0 Å². The van der Waals surface area contributed by atoms with Crippen molar-refractivity contribution in [3.8, 4) is 0 Å². The highest BCUT2D eigenvalue weighted by atomic mass is 16.1. The topological polar surface area (TPSA) is 84.1 Å². The molecule has 6 heteroatoms. The molecule has 0 bridgehead atoms. The SMILES string of the molecule is CCCNC(=O)[C@@H]1CCCN(Cc2nc(N)c3ccccc3n2)C1. The number of aromatic nitrogens is 2. The fourth-order valence-electron chi connectivity index (χ4n) is 3.23. The summed E-state index contributed by atoms with van der Waals surface area (Å²) in [6, 6.07) is 7.77. The number of nitrogens with one attached hydrogen (secondary N) is 1. The number of amides is 1. The number of nitrogens with two attached hydrogens (primary N) is 1. The number of anilines is 1. The summed E-state index contributed by atoms with van der Waals surface area (Å²) in [4.78, 5) is 23.5. The van der Waals surface area contributed by atoms with Crippen molar-refractivity contribution in [1.29, 1.82) is 0 Å². The molecular weight excluding hydrogens is 302 g/mol. The molecule has 3 rings (SSSR count). The Bertz CT molecular complexity index is 718. The van der Waals surface area contributed by atoms with Crippen molar-refractivity contribution in [2.24, 2.45) is 5.92 Å². The zero-order valence-electron chi connectivity index (χ0n) is 14.2. The number of likely N-dealkylation sites (tertiary alicyclic amines) is 1. The van der Waals surface area contributed by atoms with Crippen molar-refractivity contribution in [2.75, 3.05) is 25.4 Å². The molecule has 128 valence electrons. The molecule has 1 amide bonds. The lowest BCUT2D eigenvalue weighted by Gasteiger charge is -2.31. The van der Waals surface area contributed by atoms with Gasteiger partial charge in [-0.3, -0.25) is 9.69 Å². The van der Waals surface area contributed by atoms with Gasteiger partial charge in [0.2, 0.25) is 5.91 Å². The Kier molecular flexibility index (Phi) is 5.25. The van der Waals surface area contributed by atoms with Crippen LogP contribution in [0.2, 0.25) is 0 Å². The summed E-state index contributed by atoms with van der Waals surface area (Å²) in [7, 11) is 0. The molecule has 1 saturated heterocycles. The van der Waals surface area contributed by atoms with Gasteiger partial charge >= 0.3 is 0 Å². The average Bonchev–Trinajstić information content (AvgIpc) is 2.60. The van der Waals surface area contributed by atoms with Gasteiger partial charge in [0, 0.05) is 18.5 Å². The first-order chi connectivity index (χ1) is 11.7. The van der Waals surface area contributed by atoms with Crippen LogP contribution in [0.15, 0.2) is 24.3 Å². The Morgan fingerprint density at radius 3 is 3.04 bits per heavy atom. The van der Waals surface area contributed by atoms with E-state index in [1.807, 2.05) is 24.3 Å². The summed E-state index contributed by atoms with van der Waals surface area (Å²) in [5.41, 5.74) is 6.93. The van der Waals surface area contributed by atoms with Gasteiger partial charge in [0.05, 0.1) is 18.0 Å². The van der Waals surface area contributed by atoms with E-state index in [9.17, 15) is 4.79 Å². The van der Waals surface area contributed by atoms with Crippen LogP contribution in [-0.4, -0.2) is 40.4 Å². The van der Waals surface area contributed by atoms with E-state index in [2.05, 4.69) is 27.1 Å². The second-order valence-electron chi connectivity index (χ2n) is 6.41. The molecule has 1 aliphatic rings. The first-order valence-electron chi connectivity index (χ1n) is 8.68. The van der Waals surface area contributed by atoms with E-state index >= 15 is 0 Å². The summed E-state index contributed by atoms with van der Waals surface area (Å²) in [5, 5.41) is 3.89. The van der Waals surface area contributed by atoms with Crippen LogP contribution in [0.1, 0.15) is 32.0 Å². The maximum Gasteiger partial charge on any atom is 0.224 e. The predicted molar refractivity (Wildman–Crippen MR) is 95.3 cm³/mol. The van der Waals surface area contributed by atoms with Gasteiger partial charge in [0.1, 0.15) is 11.6 Å². The highest BCUT2D eigenvalue weighted by molar-refractivity contribution is 5.87. The lowest BCUT2D eigenvalue weighted by atomic mass is 9.97. The number of hydrogen-bond acceptors (Lipinski definition) is 5. The minimum atomic E-state index is 0.0584. The van der Waals surface area contributed by atoms with Gasteiger partial charge in [-0.1, -0.05) is 19.1 Å². The fraction of sp³-hybridized carbons (Fsp3) is 0.500. The first kappa shape index (κ1) is 16.6. The van der Waals surface area contributed by atoms with Crippen LogP contribution in [-0.2, 0) is 11.3 Å². The highest BCUT2D eigenvalue weighted by Crippen LogP contribution is 2.21. The number of nitrogens with zero attached hydrogens (tertiary/aromatic N) is 3. The van der Waals surface area contributed by atoms with Gasteiger partial charge in [-0.05, 0) is 37.9 Å². The number of fused-ring (bicyclic) bond motifs is 1. The molecule has 1 aromatic carbocycles. The Morgan fingerprint density at radius 2 is 2.21 bits per heavy atom. The third kappa shape index (κ3) is 3.82. The van der Waals surface area contributed by atoms with E-state index in [0.717, 1.165) is 55.6 Å². The lowest BCUT2D eigenvalue weighted by Crippen LogP contribution is -2.43. The number of benzene rings is 1. The van der Waals surface area contributed by atoms with Gasteiger partial charge in [-0.15, -0.1) is 0 Å². The van der Waals surface area contributed by atoms with Crippen LogP contribution in [0.25, 0.3) is 10.9 Å². The minimum absolute atomic E-state index is 0.0584. The van der Waals surface area contributed by atoms with Gasteiger partial charge in [0.25, 0.3) is 0 Å². The molecule has 2 heterocycles. The van der Waals surface area contributed by atoms with E-state index in [0.29, 0.717) is 12.4 Å². The van der Waals surface area contributed by atoms with Gasteiger partial charge < -0.3 is 11.1 Å². The monoisotopic (exact) mass is 327 g/mol. The molecule has 1 aliphatic heterocycles. The molecular formula is C18H25N5O. The van der Waals surface area contributed by atoms with E-state index < -0.39 is 0 Å². The van der Waals surface area contributed by atoms with Crippen molar-refractivity contribution in [2.45, 2.75) is 32.7 Å². The van der Waals surface area contributed by atoms with Crippen molar-refractivity contribution in [3.05, 3.63) is 30.1 Å². The second kappa shape index (κ2) is 7.57. The third-order valence-electron chi connectivity index (χ3n) is 4.47. The summed E-state index contributed by atoms with van der Waals surface area (Å²) in [6.07, 6.45) is 2.94. The van der Waals surface area contributed by atoms with Crippen LogP contribution in [0.3, 0.4) is 0 Å². The van der Waals surface area contributed by atoms with E-state index in [1.54, 1.807) is 0 Å². The minimum Gasteiger partial charge on any atom is -0.383 e. The highest BCUT2D eigenvalue weighted by Gasteiger charge is 2.26. The van der Waals surface area contributed by atoms with Crippen LogP contribution >= 0.6 is 0 Å². The number of carbonyl (C=O) groups is 1. The van der Waals surface area contributed by atoms with Crippen LogP contribution in [0.4, 0.5) is 5.82 Å². The number of hydrogen-bond donors (Lipinski definition) is 2. The van der Waals surface area contributed by atoms with Gasteiger partial charge in [-0.25, -0.2) is 9.97 Å². The molecule has 0 spiro atoms.